The summed E-state index contributed by atoms with van der Waals surface area (Å²) in [4.78, 5) is 24.1. The molecule has 0 unspecified atom stereocenters. The highest BCUT2D eigenvalue weighted by molar-refractivity contribution is 5.93. The largest absolute Gasteiger partial charge is 0.491 e. The lowest BCUT2D eigenvalue weighted by molar-refractivity contribution is -0.146. The van der Waals surface area contributed by atoms with Gasteiger partial charge in [-0.05, 0) is 32.9 Å². The maximum absolute atomic E-state index is 13.7. The zero-order chi connectivity index (χ0) is 16.2. The van der Waals surface area contributed by atoms with E-state index in [1.165, 1.54) is 33.0 Å². The third kappa shape index (κ3) is 3.84. The Bertz CT molecular complexity index is 546. The topological polar surface area (TPSA) is 78.9 Å². The van der Waals surface area contributed by atoms with E-state index in [2.05, 4.69) is 5.32 Å². The van der Waals surface area contributed by atoms with Gasteiger partial charge in [0.15, 0.2) is 11.6 Å². The Morgan fingerprint density at radius 3 is 2.52 bits per heavy atom. The van der Waals surface area contributed by atoms with Gasteiger partial charge in [0, 0.05) is 18.8 Å². The van der Waals surface area contributed by atoms with E-state index in [9.17, 15) is 14.0 Å². The first-order valence-corrected chi connectivity index (χ1v) is 6.40. The second kappa shape index (κ2) is 6.43. The first kappa shape index (κ1) is 16.7. The van der Waals surface area contributed by atoms with E-state index < -0.39 is 23.4 Å². The zero-order valence-electron chi connectivity index (χ0n) is 12.4. The fraction of sp³-hybridized carbons (Fsp3) is 0.429. The number of aliphatic carboxylic acids is 1. The Hall–Kier alpha value is -2.31. The number of likely N-dealkylation sites (N-methyl/N-ethyl adjacent to an activating group) is 1. The van der Waals surface area contributed by atoms with Crippen molar-refractivity contribution in [1.29, 1.82) is 0 Å². The van der Waals surface area contributed by atoms with E-state index in [0.717, 1.165) is 11.0 Å². The number of benzene rings is 1. The molecule has 0 fully saturated rings. The van der Waals surface area contributed by atoms with Crippen LogP contribution in [0.1, 0.15) is 20.8 Å². The van der Waals surface area contributed by atoms with Crippen molar-refractivity contribution in [2.75, 3.05) is 19.0 Å². The third-order valence-corrected chi connectivity index (χ3v) is 3.15. The molecule has 0 bridgehead atoms. The van der Waals surface area contributed by atoms with Crippen LogP contribution in [0.2, 0.25) is 0 Å². The van der Waals surface area contributed by atoms with Crippen molar-refractivity contribution in [3.05, 3.63) is 24.0 Å². The smallest absolute Gasteiger partial charge is 0.329 e. The molecule has 1 aromatic rings. The normalized spacial score (nSPS) is 10.9. The van der Waals surface area contributed by atoms with Crippen LogP contribution in [0.15, 0.2) is 18.2 Å². The number of halogens is 1. The summed E-state index contributed by atoms with van der Waals surface area (Å²) in [5.41, 5.74) is -1.16. The molecule has 21 heavy (non-hydrogen) atoms. The van der Waals surface area contributed by atoms with Crippen LogP contribution in [-0.2, 0) is 4.79 Å². The summed E-state index contributed by atoms with van der Waals surface area (Å²) in [6, 6.07) is 3.35. The van der Waals surface area contributed by atoms with Crippen molar-refractivity contribution in [1.82, 2.24) is 4.90 Å². The quantitative estimate of drug-likeness (QED) is 0.875. The average molecular weight is 298 g/mol. The SMILES string of the molecule is CCOc1ccc(NC(=O)N(C)C(C)(C)C(=O)O)cc1F. The Kier molecular flexibility index (Phi) is 5.12. The number of urea groups is 1. The van der Waals surface area contributed by atoms with Gasteiger partial charge < -0.3 is 20.1 Å². The van der Waals surface area contributed by atoms with E-state index in [-0.39, 0.29) is 11.4 Å². The molecule has 0 aliphatic heterocycles. The molecule has 2 N–H and O–H groups in total. The number of hydrogen-bond acceptors (Lipinski definition) is 3. The van der Waals surface area contributed by atoms with Gasteiger partial charge in [0.05, 0.1) is 6.61 Å². The van der Waals surface area contributed by atoms with Crippen molar-refractivity contribution < 1.29 is 23.8 Å². The predicted molar refractivity (Wildman–Crippen MR) is 76.1 cm³/mol. The van der Waals surface area contributed by atoms with Gasteiger partial charge in [-0.25, -0.2) is 14.0 Å². The van der Waals surface area contributed by atoms with Gasteiger partial charge in [0.1, 0.15) is 5.54 Å². The maximum Gasteiger partial charge on any atom is 0.329 e. The summed E-state index contributed by atoms with van der Waals surface area (Å²) in [6.07, 6.45) is 0. The van der Waals surface area contributed by atoms with Crippen molar-refractivity contribution in [3.8, 4) is 5.75 Å². The van der Waals surface area contributed by atoms with Gasteiger partial charge in [-0.3, -0.25) is 0 Å². The highest BCUT2D eigenvalue weighted by Gasteiger charge is 2.35. The number of anilines is 1. The summed E-state index contributed by atoms with van der Waals surface area (Å²) in [6.45, 7) is 4.86. The van der Waals surface area contributed by atoms with E-state index in [1.54, 1.807) is 6.92 Å². The Balaban J connectivity index is 2.84. The number of carbonyl (C=O) groups excluding carboxylic acids is 1. The summed E-state index contributed by atoms with van der Waals surface area (Å²) in [7, 11) is 1.36. The molecular weight excluding hydrogens is 279 g/mol. The number of carboxylic acid groups (broad SMARTS) is 1. The van der Waals surface area contributed by atoms with Gasteiger partial charge in [-0.15, -0.1) is 0 Å². The molecule has 2 amide bonds. The average Bonchev–Trinajstić information content (AvgIpc) is 2.40. The number of amides is 2. The molecule has 0 aliphatic rings. The second-order valence-electron chi connectivity index (χ2n) is 4.93. The highest BCUT2D eigenvalue weighted by atomic mass is 19.1. The Morgan fingerprint density at radius 1 is 1.43 bits per heavy atom. The number of nitrogens with zero attached hydrogens (tertiary/aromatic N) is 1. The van der Waals surface area contributed by atoms with E-state index in [4.69, 9.17) is 9.84 Å². The predicted octanol–water partition coefficient (Wildman–Crippen LogP) is 2.55. The highest BCUT2D eigenvalue weighted by Crippen LogP contribution is 2.22. The molecule has 0 heterocycles. The standard InChI is InChI=1S/C14H19FN2O4/c1-5-21-11-7-6-9(8-10(11)15)16-13(20)17(4)14(2,3)12(18)19/h6-8H,5H2,1-4H3,(H,16,20)(H,18,19). The first-order chi connectivity index (χ1) is 9.70. The molecule has 0 aromatic heterocycles. The fourth-order valence-corrected chi connectivity index (χ4v) is 1.46. The molecule has 1 rings (SSSR count). The number of hydrogen-bond donors (Lipinski definition) is 2. The lowest BCUT2D eigenvalue weighted by Crippen LogP contribution is -2.52. The summed E-state index contributed by atoms with van der Waals surface area (Å²) < 4.78 is 18.7. The van der Waals surface area contributed by atoms with Crippen LogP contribution in [0.25, 0.3) is 0 Å². The molecule has 0 spiro atoms. The van der Waals surface area contributed by atoms with Gasteiger partial charge in [-0.2, -0.15) is 0 Å². The number of rotatable bonds is 5. The molecule has 0 aliphatic carbocycles. The van der Waals surface area contributed by atoms with Crippen LogP contribution in [-0.4, -0.2) is 41.2 Å². The van der Waals surface area contributed by atoms with E-state index in [0.29, 0.717) is 6.61 Å². The molecule has 116 valence electrons. The van der Waals surface area contributed by atoms with Gasteiger partial charge in [0.2, 0.25) is 0 Å². The summed E-state index contributed by atoms with van der Waals surface area (Å²) >= 11 is 0. The van der Waals surface area contributed by atoms with Crippen LogP contribution >= 0.6 is 0 Å². The maximum atomic E-state index is 13.7. The molecule has 1 aromatic carbocycles. The fourth-order valence-electron chi connectivity index (χ4n) is 1.46. The minimum Gasteiger partial charge on any atom is -0.491 e. The molecule has 7 heteroatoms. The van der Waals surface area contributed by atoms with Crippen LogP contribution in [0, 0.1) is 5.82 Å². The number of carbonyl (C=O) groups is 2. The monoisotopic (exact) mass is 298 g/mol. The lowest BCUT2D eigenvalue weighted by atomic mass is 10.1. The second-order valence-corrected chi connectivity index (χ2v) is 4.93. The molecule has 0 saturated heterocycles. The molecule has 6 nitrogen and oxygen atoms in total. The minimum atomic E-state index is -1.38. The van der Waals surface area contributed by atoms with Gasteiger partial charge in [0.25, 0.3) is 0 Å². The van der Waals surface area contributed by atoms with Gasteiger partial charge in [-0.1, -0.05) is 0 Å². The van der Waals surface area contributed by atoms with Crippen LogP contribution in [0.4, 0.5) is 14.9 Å². The molecule has 0 radical (unpaired) electrons. The van der Waals surface area contributed by atoms with Crippen molar-refractivity contribution in [2.24, 2.45) is 0 Å². The number of nitrogens with one attached hydrogen (secondary N) is 1. The third-order valence-electron chi connectivity index (χ3n) is 3.15. The first-order valence-electron chi connectivity index (χ1n) is 6.40. The zero-order valence-corrected chi connectivity index (χ0v) is 12.4. The Labute approximate surface area is 122 Å². The summed E-state index contributed by atoms with van der Waals surface area (Å²) in [5, 5.41) is 11.5. The van der Waals surface area contributed by atoms with E-state index >= 15 is 0 Å². The van der Waals surface area contributed by atoms with Crippen molar-refractivity contribution in [2.45, 2.75) is 26.3 Å². The van der Waals surface area contributed by atoms with Crippen molar-refractivity contribution in [3.63, 3.8) is 0 Å². The number of ether oxygens (including phenoxy) is 1. The van der Waals surface area contributed by atoms with Crippen molar-refractivity contribution >= 4 is 17.7 Å². The molecule has 0 saturated carbocycles. The molecular formula is C14H19FN2O4. The minimum absolute atomic E-state index is 0.0923. The van der Waals surface area contributed by atoms with Crippen LogP contribution < -0.4 is 10.1 Å². The van der Waals surface area contributed by atoms with E-state index in [1.807, 2.05) is 0 Å². The number of carboxylic acids is 1. The lowest BCUT2D eigenvalue weighted by Gasteiger charge is -2.31. The van der Waals surface area contributed by atoms with Gasteiger partial charge >= 0.3 is 12.0 Å². The Morgan fingerprint density at radius 2 is 2.05 bits per heavy atom. The van der Waals surface area contributed by atoms with Crippen LogP contribution in [0.3, 0.4) is 0 Å². The van der Waals surface area contributed by atoms with Crippen LogP contribution in [0.5, 0.6) is 5.75 Å². The molecule has 0 atom stereocenters. The summed E-state index contributed by atoms with van der Waals surface area (Å²) in [5.74, 6) is -1.65.